The van der Waals surface area contributed by atoms with Gasteiger partial charge in [0.1, 0.15) is 0 Å². The molecule has 1 aromatic rings. The molecular weight excluding hydrogens is 268 g/mol. The first-order valence-corrected chi connectivity index (χ1v) is 7.37. The number of carbonyl (C=O) groups excluding carboxylic acids is 1. The van der Waals surface area contributed by atoms with E-state index in [0.717, 1.165) is 24.3 Å². The van der Waals surface area contributed by atoms with Crippen LogP contribution < -0.4 is 20.5 Å². The maximum atomic E-state index is 11.4. The molecule has 0 aliphatic carbocycles. The second-order valence-corrected chi connectivity index (χ2v) is 5.19. The molecule has 0 saturated carbocycles. The van der Waals surface area contributed by atoms with Crippen LogP contribution in [0.3, 0.4) is 0 Å². The van der Waals surface area contributed by atoms with Gasteiger partial charge in [-0.3, -0.25) is 4.79 Å². The van der Waals surface area contributed by atoms with Crippen molar-refractivity contribution >= 4 is 5.91 Å². The van der Waals surface area contributed by atoms with E-state index in [2.05, 4.69) is 12.2 Å². The summed E-state index contributed by atoms with van der Waals surface area (Å²) < 4.78 is 11.4. The maximum Gasteiger partial charge on any atom is 0.237 e. The van der Waals surface area contributed by atoms with Crippen molar-refractivity contribution < 1.29 is 14.3 Å². The number of para-hydroxylation sites is 2. The first kappa shape index (κ1) is 17.3. The van der Waals surface area contributed by atoms with E-state index in [0.29, 0.717) is 19.6 Å². The lowest BCUT2D eigenvalue weighted by molar-refractivity contribution is -0.123. The largest absolute Gasteiger partial charge is 0.490 e. The Kier molecular flexibility index (Phi) is 7.02. The Bertz CT molecular complexity index is 451. The standard InChI is InChI=1S/C16H26N2O3/c1-4-11-20-13-8-5-6-9-14(13)21-12-7-10-16(2,18-3)15(17)19/h5-6,8-9,18H,4,7,10-12H2,1-3H3,(H2,17,19). The number of primary amides is 1. The summed E-state index contributed by atoms with van der Waals surface area (Å²) in [4.78, 5) is 11.4. The lowest BCUT2D eigenvalue weighted by Crippen LogP contribution is -2.51. The van der Waals surface area contributed by atoms with Crippen molar-refractivity contribution in [2.75, 3.05) is 20.3 Å². The number of amides is 1. The number of benzene rings is 1. The van der Waals surface area contributed by atoms with E-state index in [1.807, 2.05) is 24.3 Å². The Morgan fingerprint density at radius 1 is 1.24 bits per heavy atom. The van der Waals surface area contributed by atoms with E-state index >= 15 is 0 Å². The molecule has 0 spiro atoms. The Morgan fingerprint density at radius 2 is 1.81 bits per heavy atom. The minimum Gasteiger partial charge on any atom is -0.490 e. The summed E-state index contributed by atoms with van der Waals surface area (Å²) in [6.07, 6.45) is 2.30. The van der Waals surface area contributed by atoms with Gasteiger partial charge in [-0.1, -0.05) is 19.1 Å². The van der Waals surface area contributed by atoms with Gasteiger partial charge in [0.05, 0.1) is 18.8 Å². The number of nitrogens with two attached hydrogens (primary N) is 1. The molecule has 0 heterocycles. The normalized spacial score (nSPS) is 13.5. The SMILES string of the molecule is CCCOc1ccccc1OCCCC(C)(NC)C(N)=O. The molecule has 0 aliphatic rings. The van der Waals surface area contributed by atoms with Crippen LogP contribution in [0.2, 0.25) is 0 Å². The van der Waals surface area contributed by atoms with E-state index in [-0.39, 0.29) is 5.91 Å². The third kappa shape index (κ3) is 5.27. The van der Waals surface area contributed by atoms with E-state index in [1.165, 1.54) is 0 Å². The van der Waals surface area contributed by atoms with Crippen LogP contribution in [0.4, 0.5) is 0 Å². The molecule has 118 valence electrons. The lowest BCUT2D eigenvalue weighted by atomic mass is 9.95. The second kappa shape index (κ2) is 8.52. The average Bonchev–Trinajstić information content (AvgIpc) is 2.50. The Balaban J connectivity index is 2.47. The number of hydrogen-bond acceptors (Lipinski definition) is 4. The summed E-state index contributed by atoms with van der Waals surface area (Å²) in [6, 6.07) is 7.61. The number of carbonyl (C=O) groups is 1. The molecule has 0 fully saturated rings. The summed E-state index contributed by atoms with van der Waals surface area (Å²) in [5.41, 5.74) is 4.70. The average molecular weight is 294 g/mol. The van der Waals surface area contributed by atoms with E-state index < -0.39 is 5.54 Å². The molecular formula is C16H26N2O3. The van der Waals surface area contributed by atoms with Gasteiger partial charge in [0.15, 0.2) is 11.5 Å². The van der Waals surface area contributed by atoms with Gasteiger partial charge in [-0.15, -0.1) is 0 Å². The number of nitrogens with one attached hydrogen (secondary N) is 1. The summed E-state index contributed by atoms with van der Waals surface area (Å²) in [5.74, 6) is 1.14. The number of rotatable bonds is 10. The second-order valence-electron chi connectivity index (χ2n) is 5.19. The molecule has 1 atom stereocenters. The highest BCUT2D eigenvalue weighted by atomic mass is 16.5. The fourth-order valence-electron chi connectivity index (χ4n) is 1.88. The van der Waals surface area contributed by atoms with Crippen LogP contribution >= 0.6 is 0 Å². The van der Waals surface area contributed by atoms with Crippen molar-refractivity contribution in [2.24, 2.45) is 5.73 Å². The molecule has 1 aromatic carbocycles. The van der Waals surface area contributed by atoms with E-state index in [4.69, 9.17) is 15.2 Å². The molecule has 5 nitrogen and oxygen atoms in total. The van der Waals surface area contributed by atoms with Crippen LogP contribution in [0.25, 0.3) is 0 Å². The Morgan fingerprint density at radius 3 is 2.29 bits per heavy atom. The van der Waals surface area contributed by atoms with Gasteiger partial charge in [-0.25, -0.2) is 0 Å². The van der Waals surface area contributed by atoms with E-state index in [9.17, 15) is 4.79 Å². The van der Waals surface area contributed by atoms with Gasteiger partial charge in [-0.05, 0) is 45.4 Å². The highest BCUT2D eigenvalue weighted by Gasteiger charge is 2.28. The zero-order valence-corrected chi connectivity index (χ0v) is 13.1. The fourth-order valence-corrected chi connectivity index (χ4v) is 1.88. The van der Waals surface area contributed by atoms with Crippen molar-refractivity contribution in [1.82, 2.24) is 5.32 Å². The highest BCUT2D eigenvalue weighted by molar-refractivity contribution is 5.84. The molecule has 1 unspecified atom stereocenters. The molecule has 0 aromatic heterocycles. The maximum absolute atomic E-state index is 11.4. The van der Waals surface area contributed by atoms with Gasteiger partial charge in [0.2, 0.25) is 5.91 Å². The van der Waals surface area contributed by atoms with Gasteiger partial charge < -0.3 is 20.5 Å². The molecule has 21 heavy (non-hydrogen) atoms. The Labute approximate surface area is 126 Å². The van der Waals surface area contributed by atoms with Crippen LogP contribution in [0.5, 0.6) is 11.5 Å². The van der Waals surface area contributed by atoms with Crippen molar-refractivity contribution in [3.05, 3.63) is 24.3 Å². The number of ether oxygens (including phenoxy) is 2. The molecule has 0 bridgehead atoms. The van der Waals surface area contributed by atoms with Crippen molar-refractivity contribution in [1.29, 1.82) is 0 Å². The van der Waals surface area contributed by atoms with Crippen LogP contribution in [0, 0.1) is 0 Å². The Hall–Kier alpha value is -1.75. The molecule has 3 N–H and O–H groups in total. The van der Waals surface area contributed by atoms with Gasteiger partial charge in [0, 0.05) is 0 Å². The predicted octanol–water partition coefficient (Wildman–Crippen LogP) is 2.10. The third-order valence-corrected chi connectivity index (χ3v) is 3.49. The summed E-state index contributed by atoms with van der Waals surface area (Å²) in [7, 11) is 1.74. The fraction of sp³-hybridized carbons (Fsp3) is 0.562. The van der Waals surface area contributed by atoms with Crippen molar-refractivity contribution in [3.63, 3.8) is 0 Å². The van der Waals surface area contributed by atoms with Gasteiger partial charge in [-0.2, -0.15) is 0 Å². The quantitative estimate of drug-likeness (QED) is 0.648. The van der Waals surface area contributed by atoms with Gasteiger partial charge >= 0.3 is 0 Å². The van der Waals surface area contributed by atoms with E-state index in [1.54, 1.807) is 14.0 Å². The topological polar surface area (TPSA) is 73.6 Å². The molecule has 1 rings (SSSR count). The van der Waals surface area contributed by atoms with Crippen LogP contribution in [0.1, 0.15) is 33.1 Å². The summed E-state index contributed by atoms with van der Waals surface area (Å²) in [6.45, 7) is 5.04. The highest BCUT2D eigenvalue weighted by Crippen LogP contribution is 2.27. The minimum absolute atomic E-state index is 0.350. The third-order valence-electron chi connectivity index (χ3n) is 3.49. The number of likely N-dealkylation sites (N-methyl/N-ethyl adjacent to an activating group) is 1. The zero-order chi connectivity index (χ0) is 15.7. The predicted molar refractivity (Wildman–Crippen MR) is 83.6 cm³/mol. The van der Waals surface area contributed by atoms with Crippen molar-refractivity contribution in [2.45, 2.75) is 38.6 Å². The summed E-state index contributed by atoms with van der Waals surface area (Å²) in [5, 5.41) is 2.96. The molecule has 0 saturated heterocycles. The minimum atomic E-state index is -0.693. The molecule has 0 aliphatic heterocycles. The zero-order valence-electron chi connectivity index (χ0n) is 13.1. The van der Waals surface area contributed by atoms with Crippen LogP contribution in [0.15, 0.2) is 24.3 Å². The van der Waals surface area contributed by atoms with Crippen LogP contribution in [-0.2, 0) is 4.79 Å². The monoisotopic (exact) mass is 294 g/mol. The van der Waals surface area contributed by atoms with Crippen molar-refractivity contribution in [3.8, 4) is 11.5 Å². The lowest BCUT2D eigenvalue weighted by Gasteiger charge is -2.25. The molecule has 0 radical (unpaired) electrons. The van der Waals surface area contributed by atoms with Crippen LogP contribution in [-0.4, -0.2) is 31.7 Å². The molecule has 5 heteroatoms. The summed E-state index contributed by atoms with van der Waals surface area (Å²) >= 11 is 0. The smallest absolute Gasteiger partial charge is 0.237 e. The molecule has 1 amide bonds. The van der Waals surface area contributed by atoms with Gasteiger partial charge in [0.25, 0.3) is 0 Å². The first-order chi connectivity index (χ1) is 10.0. The first-order valence-electron chi connectivity index (χ1n) is 7.37. The number of hydrogen-bond donors (Lipinski definition) is 2.